The van der Waals surface area contributed by atoms with Crippen molar-refractivity contribution in [3.05, 3.63) is 53.6 Å². The molecule has 2 aromatic rings. The van der Waals surface area contributed by atoms with Crippen molar-refractivity contribution in [2.75, 3.05) is 16.8 Å². The number of carbonyl (C=O) groups is 2. The van der Waals surface area contributed by atoms with E-state index in [0.717, 1.165) is 0 Å². The molecular formula is C18H18FN3O3. The molecule has 0 saturated carbocycles. The van der Waals surface area contributed by atoms with E-state index < -0.39 is 12.0 Å². The molecule has 130 valence electrons. The normalized spacial score (nSPS) is 14.6. The number of pyridine rings is 1. The highest BCUT2D eigenvalue weighted by Crippen LogP contribution is 2.28. The van der Waals surface area contributed by atoms with Gasteiger partial charge in [0.05, 0.1) is 23.0 Å². The van der Waals surface area contributed by atoms with E-state index in [4.69, 9.17) is 0 Å². The summed E-state index contributed by atoms with van der Waals surface area (Å²) in [5, 5.41) is 12.0. The van der Waals surface area contributed by atoms with Gasteiger partial charge in [-0.1, -0.05) is 0 Å². The van der Waals surface area contributed by atoms with Gasteiger partial charge >= 0.3 is 6.09 Å². The lowest BCUT2D eigenvalue weighted by atomic mass is 10.0. The van der Waals surface area contributed by atoms with Crippen molar-refractivity contribution in [1.29, 1.82) is 0 Å². The molecule has 6 nitrogen and oxygen atoms in total. The number of anilines is 2. The zero-order valence-electron chi connectivity index (χ0n) is 13.7. The van der Waals surface area contributed by atoms with Crippen molar-refractivity contribution in [3.63, 3.8) is 0 Å². The number of carboxylic acid groups (broad SMARTS) is 1. The molecule has 3 rings (SSSR count). The van der Waals surface area contributed by atoms with Gasteiger partial charge in [-0.2, -0.15) is 0 Å². The molecule has 2 amide bonds. The monoisotopic (exact) mass is 343 g/mol. The zero-order valence-corrected chi connectivity index (χ0v) is 13.7. The van der Waals surface area contributed by atoms with Crippen molar-refractivity contribution >= 4 is 23.4 Å². The minimum atomic E-state index is -1.00. The summed E-state index contributed by atoms with van der Waals surface area (Å²) in [4.78, 5) is 29.4. The van der Waals surface area contributed by atoms with Crippen LogP contribution in [-0.4, -0.2) is 28.6 Å². The van der Waals surface area contributed by atoms with Crippen LogP contribution >= 0.6 is 0 Å². The molecule has 1 aromatic heterocycles. The number of hydrogen-bond acceptors (Lipinski definition) is 3. The lowest BCUT2D eigenvalue weighted by molar-refractivity contribution is -0.117. The fourth-order valence-electron chi connectivity index (χ4n) is 2.82. The summed E-state index contributed by atoms with van der Waals surface area (Å²) in [6.07, 6.45) is 0.378. The average Bonchev–Trinajstić information content (AvgIpc) is 2.61. The SMILES string of the molecule is CC(C(=O)Nc1ccc(F)cc1)c1ccc2c(n1)CCCN2C(=O)O. The van der Waals surface area contributed by atoms with Crippen molar-refractivity contribution < 1.29 is 19.1 Å². The van der Waals surface area contributed by atoms with Gasteiger partial charge in [0.2, 0.25) is 5.91 Å². The third-order valence-corrected chi connectivity index (χ3v) is 4.24. The molecule has 0 radical (unpaired) electrons. The Labute approximate surface area is 144 Å². The summed E-state index contributed by atoms with van der Waals surface area (Å²) in [6, 6.07) is 8.91. The fourth-order valence-corrected chi connectivity index (χ4v) is 2.82. The average molecular weight is 343 g/mol. The molecule has 1 atom stereocenters. The van der Waals surface area contributed by atoms with Crippen LogP contribution in [0, 0.1) is 5.82 Å². The second kappa shape index (κ2) is 6.88. The third-order valence-electron chi connectivity index (χ3n) is 4.24. The van der Waals surface area contributed by atoms with E-state index in [9.17, 15) is 19.1 Å². The predicted octanol–water partition coefficient (Wildman–Crippen LogP) is 3.39. The highest BCUT2D eigenvalue weighted by Gasteiger charge is 2.25. The quantitative estimate of drug-likeness (QED) is 0.895. The predicted molar refractivity (Wildman–Crippen MR) is 91.4 cm³/mol. The number of benzene rings is 1. The Balaban J connectivity index is 1.78. The minimum Gasteiger partial charge on any atom is -0.465 e. The van der Waals surface area contributed by atoms with Gasteiger partial charge in [-0.05, 0) is 56.2 Å². The van der Waals surface area contributed by atoms with E-state index in [1.165, 1.54) is 29.2 Å². The van der Waals surface area contributed by atoms with Gasteiger partial charge in [-0.25, -0.2) is 9.18 Å². The number of halogens is 1. The summed E-state index contributed by atoms with van der Waals surface area (Å²) < 4.78 is 12.9. The first kappa shape index (κ1) is 16.9. The number of nitrogens with one attached hydrogen (secondary N) is 1. The van der Waals surface area contributed by atoms with E-state index >= 15 is 0 Å². The van der Waals surface area contributed by atoms with Gasteiger partial charge in [0.15, 0.2) is 0 Å². The summed E-state index contributed by atoms with van der Waals surface area (Å²) in [5.74, 6) is -1.15. The lowest BCUT2D eigenvalue weighted by Crippen LogP contribution is -2.34. The van der Waals surface area contributed by atoms with E-state index in [0.29, 0.717) is 42.1 Å². The molecule has 1 aliphatic rings. The molecule has 0 spiro atoms. The second-order valence-electron chi connectivity index (χ2n) is 5.96. The topological polar surface area (TPSA) is 82.5 Å². The molecule has 0 bridgehead atoms. The Morgan fingerprint density at radius 1 is 1.24 bits per heavy atom. The first-order valence-electron chi connectivity index (χ1n) is 8.02. The minimum absolute atomic E-state index is 0.259. The van der Waals surface area contributed by atoms with Gasteiger partial charge < -0.3 is 10.4 Å². The van der Waals surface area contributed by atoms with Crippen LogP contribution in [0.4, 0.5) is 20.6 Å². The molecule has 1 aliphatic heterocycles. The number of rotatable bonds is 3. The Hall–Kier alpha value is -2.96. The highest BCUT2D eigenvalue weighted by molar-refractivity contribution is 5.95. The van der Waals surface area contributed by atoms with Crippen LogP contribution < -0.4 is 10.2 Å². The largest absolute Gasteiger partial charge is 0.465 e. The molecule has 25 heavy (non-hydrogen) atoms. The number of fused-ring (bicyclic) bond motifs is 1. The first-order chi connectivity index (χ1) is 12.0. The van der Waals surface area contributed by atoms with Crippen LogP contribution in [-0.2, 0) is 11.2 Å². The standard InChI is InChI=1S/C18H18FN3O3/c1-11(17(23)20-13-6-4-12(19)5-7-13)14-8-9-16-15(21-14)3-2-10-22(16)18(24)25/h4-9,11H,2-3,10H2,1H3,(H,20,23)(H,24,25). The van der Waals surface area contributed by atoms with Crippen LogP contribution in [0.1, 0.15) is 30.7 Å². The smallest absolute Gasteiger partial charge is 0.411 e. The van der Waals surface area contributed by atoms with Crippen molar-refractivity contribution in [2.24, 2.45) is 0 Å². The number of carbonyl (C=O) groups excluding carboxylic acids is 1. The molecule has 0 saturated heterocycles. The van der Waals surface area contributed by atoms with Crippen LogP contribution in [0.15, 0.2) is 36.4 Å². The molecule has 7 heteroatoms. The maximum Gasteiger partial charge on any atom is 0.411 e. The highest BCUT2D eigenvalue weighted by atomic mass is 19.1. The van der Waals surface area contributed by atoms with Crippen molar-refractivity contribution in [3.8, 4) is 0 Å². The third kappa shape index (κ3) is 3.60. The molecule has 2 N–H and O–H groups in total. The van der Waals surface area contributed by atoms with Gasteiger partial charge in [0, 0.05) is 12.2 Å². The Morgan fingerprint density at radius 2 is 1.96 bits per heavy atom. The summed E-state index contributed by atoms with van der Waals surface area (Å²) in [6.45, 7) is 2.18. The van der Waals surface area contributed by atoms with Crippen molar-refractivity contribution in [2.45, 2.75) is 25.7 Å². The summed E-state index contributed by atoms with van der Waals surface area (Å²) in [5.41, 5.74) is 2.35. The van der Waals surface area contributed by atoms with E-state index in [1.807, 2.05) is 0 Å². The number of nitrogens with zero attached hydrogens (tertiary/aromatic N) is 2. The fraction of sp³-hybridized carbons (Fsp3) is 0.278. The van der Waals surface area contributed by atoms with E-state index in [-0.39, 0.29) is 11.7 Å². The van der Waals surface area contributed by atoms with E-state index in [2.05, 4.69) is 10.3 Å². The molecule has 1 unspecified atom stereocenters. The van der Waals surface area contributed by atoms with Crippen molar-refractivity contribution in [1.82, 2.24) is 4.98 Å². The van der Waals surface area contributed by atoms with Gasteiger partial charge in [0.25, 0.3) is 0 Å². The molecule has 2 heterocycles. The maximum atomic E-state index is 12.9. The number of hydrogen-bond donors (Lipinski definition) is 2. The molecule has 1 aromatic carbocycles. The van der Waals surface area contributed by atoms with Crippen LogP contribution in [0.2, 0.25) is 0 Å². The first-order valence-corrected chi connectivity index (χ1v) is 8.02. The van der Waals surface area contributed by atoms with Crippen LogP contribution in [0.5, 0.6) is 0 Å². The molecule has 0 aliphatic carbocycles. The van der Waals surface area contributed by atoms with Crippen LogP contribution in [0.3, 0.4) is 0 Å². The number of amides is 2. The van der Waals surface area contributed by atoms with E-state index in [1.54, 1.807) is 19.1 Å². The number of aromatic nitrogens is 1. The zero-order chi connectivity index (χ0) is 18.0. The maximum absolute atomic E-state index is 12.9. The Morgan fingerprint density at radius 3 is 2.64 bits per heavy atom. The second-order valence-corrected chi connectivity index (χ2v) is 5.96. The summed E-state index contributed by atoms with van der Waals surface area (Å²) >= 11 is 0. The lowest BCUT2D eigenvalue weighted by Gasteiger charge is -2.27. The van der Waals surface area contributed by atoms with Gasteiger partial charge in [-0.3, -0.25) is 14.7 Å². The van der Waals surface area contributed by atoms with Crippen LogP contribution in [0.25, 0.3) is 0 Å². The molecule has 0 fully saturated rings. The molecular weight excluding hydrogens is 325 g/mol. The van der Waals surface area contributed by atoms with Gasteiger partial charge in [-0.15, -0.1) is 0 Å². The summed E-state index contributed by atoms with van der Waals surface area (Å²) in [7, 11) is 0. The number of aryl methyl sites for hydroxylation is 1. The Bertz CT molecular complexity index is 808. The Kier molecular flexibility index (Phi) is 4.65. The van der Waals surface area contributed by atoms with Gasteiger partial charge in [0.1, 0.15) is 5.82 Å².